The van der Waals surface area contributed by atoms with Crippen LogP contribution in [-0.2, 0) is 10.3 Å². The molecule has 3 N–H and O–H groups in total. The van der Waals surface area contributed by atoms with Gasteiger partial charge < -0.3 is 11.1 Å². The molecule has 1 atom stereocenters. The van der Waals surface area contributed by atoms with Gasteiger partial charge in [0.15, 0.2) is 5.96 Å². The number of guanidine groups is 1. The van der Waals surface area contributed by atoms with E-state index in [2.05, 4.69) is 15.3 Å². The smallest absolute Gasteiger partial charge is 0.275 e. The highest BCUT2D eigenvalue weighted by atomic mass is 32.2. The molecule has 162 valence electrons. The van der Waals surface area contributed by atoms with Crippen molar-refractivity contribution in [3.8, 4) is 0 Å². The molecule has 0 saturated heterocycles. The molecule has 0 spiro atoms. The molecular weight excluding hydrogens is 422 g/mol. The van der Waals surface area contributed by atoms with E-state index in [-0.39, 0.29) is 24.2 Å². The van der Waals surface area contributed by atoms with Crippen LogP contribution < -0.4 is 11.1 Å². The maximum atomic E-state index is 13.0. The van der Waals surface area contributed by atoms with Crippen LogP contribution in [0.15, 0.2) is 87.7 Å². The standard InChI is InChI=1S/C24H23N5O2S/c1-24(15-20(30)29(2)23(25)28-24)16-8-6-9-17(14-16)27-22(31)21-19(12-7-13-26-21)32-18-10-4-3-5-11-18/h3-14H,15H2,1-2H3,(H2,25,28)(H,27,31)/t24-/m0/s1. The lowest BCUT2D eigenvalue weighted by Gasteiger charge is -2.33. The number of aliphatic imine (C=N–C) groups is 1. The Bertz CT molecular complexity index is 1200. The molecule has 8 heteroatoms. The number of hydrogen-bond acceptors (Lipinski definition) is 6. The van der Waals surface area contributed by atoms with Crippen molar-refractivity contribution in [1.82, 2.24) is 9.88 Å². The summed E-state index contributed by atoms with van der Waals surface area (Å²) < 4.78 is 0. The van der Waals surface area contributed by atoms with Crippen LogP contribution in [0.5, 0.6) is 0 Å². The molecule has 2 aromatic carbocycles. The van der Waals surface area contributed by atoms with Crippen molar-refractivity contribution in [1.29, 1.82) is 0 Å². The normalized spacial score (nSPS) is 18.2. The van der Waals surface area contributed by atoms with Crippen LogP contribution in [0.3, 0.4) is 0 Å². The zero-order valence-corrected chi connectivity index (χ0v) is 18.6. The molecule has 1 aromatic heterocycles. The first-order chi connectivity index (χ1) is 15.4. The minimum absolute atomic E-state index is 0.106. The average molecular weight is 446 g/mol. The second-order valence-electron chi connectivity index (χ2n) is 7.67. The molecule has 1 aliphatic heterocycles. The number of anilines is 1. The molecule has 3 aromatic rings. The summed E-state index contributed by atoms with van der Waals surface area (Å²) in [5, 5.41) is 2.92. The van der Waals surface area contributed by atoms with Crippen LogP contribution >= 0.6 is 11.8 Å². The molecule has 4 rings (SSSR count). The third-order valence-corrected chi connectivity index (χ3v) is 6.33. The predicted molar refractivity (Wildman–Crippen MR) is 126 cm³/mol. The highest BCUT2D eigenvalue weighted by Crippen LogP contribution is 2.34. The number of benzene rings is 2. The minimum atomic E-state index is -0.798. The molecular formula is C24H23N5O2S. The van der Waals surface area contributed by atoms with Crippen molar-refractivity contribution in [3.63, 3.8) is 0 Å². The van der Waals surface area contributed by atoms with Crippen LogP contribution in [0.1, 0.15) is 29.4 Å². The Hall–Kier alpha value is -3.65. The summed E-state index contributed by atoms with van der Waals surface area (Å²) in [4.78, 5) is 37.3. The number of nitrogens with zero attached hydrogens (tertiary/aromatic N) is 3. The maximum Gasteiger partial charge on any atom is 0.275 e. The average Bonchev–Trinajstić information content (AvgIpc) is 2.79. The topological polar surface area (TPSA) is 101 Å². The van der Waals surface area contributed by atoms with Gasteiger partial charge in [-0.15, -0.1) is 0 Å². The lowest BCUT2D eigenvalue weighted by molar-refractivity contribution is -0.128. The highest BCUT2D eigenvalue weighted by molar-refractivity contribution is 7.99. The van der Waals surface area contributed by atoms with Gasteiger partial charge in [-0.3, -0.25) is 14.5 Å². The van der Waals surface area contributed by atoms with Crippen molar-refractivity contribution < 1.29 is 9.59 Å². The van der Waals surface area contributed by atoms with E-state index < -0.39 is 5.54 Å². The second-order valence-corrected chi connectivity index (χ2v) is 8.79. The summed E-state index contributed by atoms with van der Waals surface area (Å²) in [5.74, 6) is -0.242. The van der Waals surface area contributed by atoms with Crippen LogP contribution in [0.4, 0.5) is 5.69 Å². The molecule has 32 heavy (non-hydrogen) atoms. The first kappa shape index (κ1) is 21.6. The Kier molecular flexibility index (Phi) is 5.96. The Morgan fingerprint density at radius 2 is 1.91 bits per heavy atom. The fraction of sp³-hybridized carbons (Fsp3) is 0.167. The zero-order valence-electron chi connectivity index (χ0n) is 17.8. The lowest BCUT2D eigenvalue weighted by atomic mass is 9.87. The van der Waals surface area contributed by atoms with Crippen LogP contribution in [0.25, 0.3) is 0 Å². The largest absolute Gasteiger partial charge is 0.369 e. The molecule has 0 bridgehead atoms. The van der Waals surface area contributed by atoms with E-state index >= 15 is 0 Å². The quantitative estimate of drug-likeness (QED) is 0.621. The summed E-state index contributed by atoms with van der Waals surface area (Å²) in [6.45, 7) is 1.86. The number of aromatic nitrogens is 1. The summed E-state index contributed by atoms with van der Waals surface area (Å²) in [6.07, 6.45) is 1.79. The predicted octanol–water partition coefficient (Wildman–Crippen LogP) is 3.88. The number of rotatable bonds is 5. The fourth-order valence-corrected chi connectivity index (χ4v) is 4.39. The van der Waals surface area contributed by atoms with Gasteiger partial charge in [0.25, 0.3) is 5.91 Å². The molecule has 0 fully saturated rings. The maximum absolute atomic E-state index is 13.0. The Morgan fingerprint density at radius 1 is 1.12 bits per heavy atom. The summed E-state index contributed by atoms with van der Waals surface area (Å²) in [6, 6.07) is 20.8. The third-order valence-electron chi connectivity index (χ3n) is 5.27. The molecule has 0 unspecified atom stereocenters. The van der Waals surface area contributed by atoms with Gasteiger partial charge in [-0.2, -0.15) is 0 Å². The monoisotopic (exact) mass is 445 g/mol. The Balaban J connectivity index is 1.58. The summed E-state index contributed by atoms with van der Waals surface area (Å²) >= 11 is 1.48. The fourth-order valence-electron chi connectivity index (χ4n) is 3.46. The number of carbonyl (C=O) groups is 2. The molecule has 2 amide bonds. The summed E-state index contributed by atoms with van der Waals surface area (Å²) in [7, 11) is 1.61. The van der Waals surface area contributed by atoms with Crippen LogP contribution in [0.2, 0.25) is 0 Å². The number of amides is 2. The van der Waals surface area contributed by atoms with Crippen molar-refractivity contribution in [2.75, 3.05) is 12.4 Å². The van der Waals surface area contributed by atoms with Gasteiger partial charge in [-0.1, -0.05) is 42.1 Å². The van der Waals surface area contributed by atoms with Crippen molar-refractivity contribution >= 4 is 35.2 Å². The number of hydrogen-bond donors (Lipinski definition) is 2. The molecule has 2 heterocycles. The van der Waals surface area contributed by atoms with Crippen LogP contribution in [0, 0.1) is 0 Å². The highest BCUT2D eigenvalue weighted by Gasteiger charge is 2.36. The molecule has 0 saturated carbocycles. The van der Waals surface area contributed by atoms with E-state index in [1.54, 1.807) is 19.3 Å². The third kappa shape index (κ3) is 4.50. The second kappa shape index (κ2) is 8.84. The van der Waals surface area contributed by atoms with Gasteiger partial charge in [0.1, 0.15) is 5.69 Å². The number of pyridine rings is 1. The lowest BCUT2D eigenvalue weighted by Crippen LogP contribution is -2.47. The Labute approximate surface area is 190 Å². The Morgan fingerprint density at radius 3 is 2.66 bits per heavy atom. The number of nitrogens with one attached hydrogen (secondary N) is 1. The molecule has 7 nitrogen and oxygen atoms in total. The molecule has 0 radical (unpaired) electrons. The first-order valence-corrected chi connectivity index (χ1v) is 10.9. The van der Waals surface area contributed by atoms with Crippen molar-refractivity contribution in [2.45, 2.75) is 28.7 Å². The first-order valence-electron chi connectivity index (χ1n) is 10.1. The van der Waals surface area contributed by atoms with Gasteiger partial charge in [0.2, 0.25) is 5.91 Å². The van der Waals surface area contributed by atoms with Gasteiger partial charge in [-0.05, 0) is 48.9 Å². The molecule has 1 aliphatic rings. The van der Waals surface area contributed by atoms with Crippen molar-refractivity contribution in [2.24, 2.45) is 10.7 Å². The molecule has 0 aliphatic carbocycles. The van der Waals surface area contributed by atoms with E-state index in [1.165, 1.54) is 16.7 Å². The van der Waals surface area contributed by atoms with Gasteiger partial charge in [0.05, 0.1) is 12.0 Å². The van der Waals surface area contributed by atoms with E-state index in [0.717, 1.165) is 15.4 Å². The minimum Gasteiger partial charge on any atom is -0.369 e. The van der Waals surface area contributed by atoms with Crippen LogP contribution in [-0.4, -0.2) is 34.7 Å². The van der Waals surface area contributed by atoms with E-state index in [0.29, 0.717) is 11.4 Å². The van der Waals surface area contributed by atoms with Gasteiger partial charge >= 0.3 is 0 Å². The number of nitrogens with two attached hydrogens (primary N) is 1. The van der Waals surface area contributed by atoms with Gasteiger partial charge in [-0.25, -0.2) is 9.98 Å². The van der Waals surface area contributed by atoms with Gasteiger partial charge in [0, 0.05) is 28.7 Å². The summed E-state index contributed by atoms with van der Waals surface area (Å²) in [5.41, 5.74) is 6.86. The van der Waals surface area contributed by atoms with E-state index in [1.807, 2.05) is 67.6 Å². The van der Waals surface area contributed by atoms with Crippen molar-refractivity contribution in [3.05, 3.63) is 84.2 Å². The SMILES string of the molecule is CN1C(=O)C[C@@](C)(c2cccc(NC(=O)c3ncccc3Sc3ccccc3)c2)N=C1N. The zero-order chi connectivity index (χ0) is 22.7. The van der Waals surface area contributed by atoms with E-state index in [4.69, 9.17) is 5.73 Å². The number of carbonyl (C=O) groups excluding carboxylic acids is 2. The van der Waals surface area contributed by atoms with E-state index in [9.17, 15) is 9.59 Å².